The molecule has 0 fully saturated rings. The number of carbonyl (C=O) groups is 2. The van der Waals surface area contributed by atoms with Crippen molar-refractivity contribution in [2.24, 2.45) is 0 Å². The van der Waals surface area contributed by atoms with Gasteiger partial charge in [0.25, 0.3) is 5.91 Å². The van der Waals surface area contributed by atoms with Crippen LogP contribution in [0.5, 0.6) is 5.75 Å². The number of carbonyl (C=O) groups excluding carboxylic acids is 1. The van der Waals surface area contributed by atoms with Crippen molar-refractivity contribution in [1.29, 1.82) is 0 Å². The maximum atomic E-state index is 12.7. The zero-order valence-corrected chi connectivity index (χ0v) is 17.8. The van der Waals surface area contributed by atoms with Crippen LogP contribution in [-0.4, -0.2) is 28.6 Å². The van der Waals surface area contributed by atoms with Crippen LogP contribution in [0.15, 0.2) is 97.3 Å². The van der Waals surface area contributed by atoms with Crippen LogP contribution in [0.3, 0.4) is 0 Å². The highest BCUT2D eigenvalue weighted by Crippen LogP contribution is 2.22. The van der Waals surface area contributed by atoms with Crippen molar-refractivity contribution in [3.63, 3.8) is 0 Å². The van der Waals surface area contributed by atoms with E-state index < -0.39 is 5.97 Å². The molecule has 0 saturated heterocycles. The van der Waals surface area contributed by atoms with Gasteiger partial charge in [0.05, 0.1) is 12.2 Å². The van der Waals surface area contributed by atoms with Gasteiger partial charge in [-0.3, -0.25) is 9.78 Å². The summed E-state index contributed by atoms with van der Waals surface area (Å²) >= 11 is 0. The number of carboxylic acid groups (broad SMARTS) is 1. The second kappa shape index (κ2) is 10.2. The zero-order valence-electron chi connectivity index (χ0n) is 17.8. The minimum atomic E-state index is -1.05. The number of aromatic nitrogens is 1. The number of rotatable bonds is 8. The number of benzene rings is 3. The predicted molar refractivity (Wildman–Crippen MR) is 127 cm³/mol. The number of aromatic carboxylic acids is 1. The first kappa shape index (κ1) is 21.8. The standard InChI is InChI=1S/C27H22N2O4/c30-26(21-8-4-7-20(15-21)22-16-23(27(31)32)18-28-17-22)29-24-9-11-25(12-10-24)33-14-13-19-5-2-1-3-6-19/h1-12,15-18H,13-14H2,(H,29,30)(H,31,32). The summed E-state index contributed by atoms with van der Waals surface area (Å²) in [5.74, 6) is -0.584. The summed E-state index contributed by atoms with van der Waals surface area (Å²) in [6.07, 6.45) is 3.68. The molecule has 0 atom stereocenters. The molecule has 0 bridgehead atoms. The van der Waals surface area contributed by atoms with Crippen molar-refractivity contribution in [3.05, 3.63) is 114 Å². The second-order valence-corrected chi connectivity index (χ2v) is 7.41. The zero-order chi connectivity index (χ0) is 23.0. The van der Waals surface area contributed by atoms with Crippen LogP contribution >= 0.6 is 0 Å². The molecule has 0 radical (unpaired) electrons. The Hall–Kier alpha value is -4.45. The van der Waals surface area contributed by atoms with E-state index in [1.165, 1.54) is 17.8 Å². The van der Waals surface area contributed by atoms with Crippen LogP contribution in [0.4, 0.5) is 5.69 Å². The number of ether oxygens (including phenoxy) is 1. The van der Waals surface area contributed by atoms with Crippen LogP contribution in [0.1, 0.15) is 26.3 Å². The number of amides is 1. The average Bonchev–Trinajstić information content (AvgIpc) is 2.86. The van der Waals surface area contributed by atoms with Gasteiger partial charge in [0.1, 0.15) is 5.75 Å². The topological polar surface area (TPSA) is 88.5 Å². The molecule has 6 nitrogen and oxygen atoms in total. The lowest BCUT2D eigenvalue weighted by Crippen LogP contribution is -2.12. The van der Waals surface area contributed by atoms with E-state index in [4.69, 9.17) is 9.84 Å². The Morgan fingerprint density at radius 3 is 2.33 bits per heavy atom. The molecule has 33 heavy (non-hydrogen) atoms. The number of pyridine rings is 1. The van der Waals surface area contributed by atoms with Crippen LogP contribution in [0.2, 0.25) is 0 Å². The molecule has 0 aliphatic carbocycles. The molecule has 4 aromatic rings. The van der Waals surface area contributed by atoms with Gasteiger partial charge in [0.2, 0.25) is 0 Å². The van der Waals surface area contributed by atoms with Gasteiger partial charge in [-0.25, -0.2) is 4.79 Å². The van der Waals surface area contributed by atoms with Gasteiger partial charge in [-0.05, 0) is 53.6 Å². The Morgan fingerprint density at radius 2 is 1.58 bits per heavy atom. The fraction of sp³-hybridized carbons (Fsp3) is 0.0741. The molecule has 0 saturated carbocycles. The first-order chi connectivity index (χ1) is 16.1. The van der Waals surface area contributed by atoms with Crippen molar-refractivity contribution in [2.45, 2.75) is 6.42 Å². The molecule has 6 heteroatoms. The third kappa shape index (κ3) is 5.83. The second-order valence-electron chi connectivity index (χ2n) is 7.41. The number of anilines is 1. The summed E-state index contributed by atoms with van der Waals surface area (Å²) in [7, 11) is 0. The minimum absolute atomic E-state index is 0.0911. The Kier molecular flexibility index (Phi) is 6.75. The van der Waals surface area contributed by atoms with Gasteiger partial charge in [0.15, 0.2) is 0 Å². The van der Waals surface area contributed by atoms with Gasteiger partial charge in [-0.15, -0.1) is 0 Å². The van der Waals surface area contributed by atoms with Crippen LogP contribution in [0, 0.1) is 0 Å². The maximum Gasteiger partial charge on any atom is 0.337 e. The molecule has 0 aliphatic heterocycles. The monoisotopic (exact) mass is 438 g/mol. The Balaban J connectivity index is 1.37. The third-order valence-electron chi connectivity index (χ3n) is 5.06. The molecule has 164 valence electrons. The number of nitrogens with zero attached hydrogens (tertiary/aromatic N) is 1. The molecule has 0 aliphatic rings. The lowest BCUT2D eigenvalue weighted by molar-refractivity contribution is 0.0696. The van der Waals surface area contributed by atoms with E-state index in [9.17, 15) is 9.59 Å². The fourth-order valence-corrected chi connectivity index (χ4v) is 3.32. The molecule has 1 heterocycles. The molecular weight excluding hydrogens is 416 g/mol. The van der Waals surface area contributed by atoms with Crippen LogP contribution in [0.25, 0.3) is 11.1 Å². The largest absolute Gasteiger partial charge is 0.493 e. The maximum absolute atomic E-state index is 12.7. The Labute approximate surface area is 191 Å². The summed E-state index contributed by atoms with van der Waals surface area (Å²) in [4.78, 5) is 27.9. The fourth-order valence-electron chi connectivity index (χ4n) is 3.32. The van der Waals surface area contributed by atoms with Crippen molar-refractivity contribution in [1.82, 2.24) is 4.98 Å². The summed E-state index contributed by atoms with van der Waals surface area (Å²) in [6.45, 7) is 0.570. The first-order valence-electron chi connectivity index (χ1n) is 10.5. The summed E-state index contributed by atoms with van der Waals surface area (Å²) < 4.78 is 5.79. The van der Waals surface area contributed by atoms with E-state index in [2.05, 4.69) is 22.4 Å². The number of hydrogen-bond acceptors (Lipinski definition) is 4. The molecule has 4 rings (SSSR count). The van der Waals surface area contributed by atoms with Crippen molar-refractivity contribution in [2.75, 3.05) is 11.9 Å². The molecule has 1 aromatic heterocycles. The van der Waals surface area contributed by atoms with Crippen LogP contribution in [-0.2, 0) is 6.42 Å². The predicted octanol–water partition coefficient (Wildman–Crippen LogP) is 5.32. The number of nitrogens with one attached hydrogen (secondary N) is 1. The quantitative estimate of drug-likeness (QED) is 0.389. The van der Waals surface area contributed by atoms with Crippen LogP contribution < -0.4 is 10.1 Å². The lowest BCUT2D eigenvalue weighted by atomic mass is 10.0. The SMILES string of the molecule is O=C(O)c1cncc(-c2cccc(C(=O)Nc3ccc(OCCc4ccccc4)cc3)c2)c1. The average molecular weight is 438 g/mol. The Morgan fingerprint density at radius 1 is 0.818 bits per heavy atom. The highest BCUT2D eigenvalue weighted by molar-refractivity contribution is 6.05. The highest BCUT2D eigenvalue weighted by Gasteiger charge is 2.10. The molecule has 1 amide bonds. The smallest absolute Gasteiger partial charge is 0.337 e. The minimum Gasteiger partial charge on any atom is -0.493 e. The van der Waals surface area contributed by atoms with Crippen molar-refractivity contribution in [3.8, 4) is 16.9 Å². The van der Waals surface area contributed by atoms with Crippen molar-refractivity contribution >= 4 is 17.6 Å². The lowest BCUT2D eigenvalue weighted by Gasteiger charge is -2.09. The highest BCUT2D eigenvalue weighted by atomic mass is 16.5. The van der Waals surface area contributed by atoms with Gasteiger partial charge in [-0.1, -0.05) is 42.5 Å². The molecule has 2 N–H and O–H groups in total. The van der Waals surface area contributed by atoms with Gasteiger partial charge >= 0.3 is 5.97 Å². The third-order valence-corrected chi connectivity index (χ3v) is 5.06. The van der Waals surface area contributed by atoms with E-state index in [-0.39, 0.29) is 11.5 Å². The van der Waals surface area contributed by atoms with Gasteiger partial charge in [-0.2, -0.15) is 0 Å². The van der Waals surface area contributed by atoms with E-state index in [1.54, 1.807) is 42.6 Å². The van der Waals surface area contributed by atoms with E-state index in [0.717, 1.165) is 12.2 Å². The molecule has 3 aromatic carbocycles. The number of carboxylic acids is 1. The molecule has 0 spiro atoms. The molecular formula is C27H22N2O4. The summed E-state index contributed by atoms with van der Waals surface area (Å²) in [5.41, 5.74) is 3.75. The van der Waals surface area contributed by atoms with E-state index in [0.29, 0.717) is 29.0 Å². The summed E-state index contributed by atoms with van der Waals surface area (Å²) in [6, 6.07) is 25.9. The molecule has 0 unspecified atom stereocenters. The first-order valence-corrected chi connectivity index (χ1v) is 10.5. The van der Waals surface area contributed by atoms with Gasteiger partial charge < -0.3 is 15.2 Å². The van der Waals surface area contributed by atoms with Gasteiger partial charge in [0, 0.05) is 35.6 Å². The summed E-state index contributed by atoms with van der Waals surface area (Å²) in [5, 5.41) is 12.0. The Bertz CT molecular complexity index is 1250. The van der Waals surface area contributed by atoms with E-state index in [1.807, 2.05) is 30.3 Å². The van der Waals surface area contributed by atoms with Crippen molar-refractivity contribution < 1.29 is 19.4 Å². The van der Waals surface area contributed by atoms with E-state index >= 15 is 0 Å². The number of hydrogen-bond donors (Lipinski definition) is 2. The normalized spacial score (nSPS) is 10.4.